The number of ether oxygens (including phenoxy) is 1. The number of fused-ring (bicyclic) bond motifs is 4. The van der Waals surface area contributed by atoms with Crippen LogP contribution < -0.4 is 14.4 Å². The van der Waals surface area contributed by atoms with Crippen LogP contribution in [0.4, 0.5) is 5.69 Å². The molecule has 1 spiro atoms. The van der Waals surface area contributed by atoms with Gasteiger partial charge in [-0.05, 0) is 112 Å². The molecular formula is C41H56N4O4S. The standard InChI is InChI=1S/C41H56N4O4S/c1-29-8-6-13-36(44-22-21-43-20-5-4-11-33(43)26-44)34-16-14-32(34)25-45-27-41(19-7-10-30-9-2-3-12-35(30)41)28-49-38-17-15-31(24-37(38)45)40(47)42-50(48)39(29)18-23-46/h3,6,12-13,15,17,23-24,29,32-34,36,39H,2,4-5,7-11,14,16,18-22,25-28H2,1H3,(H,42,47)/b13-6+. The summed E-state index contributed by atoms with van der Waals surface area (Å²) in [6, 6.07) is 6.76. The van der Waals surface area contributed by atoms with Gasteiger partial charge in [0.2, 0.25) is 0 Å². The molecule has 1 N–H and O–H groups in total. The van der Waals surface area contributed by atoms with Crippen LogP contribution in [-0.4, -0.2) is 89.4 Å². The van der Waals surface area contributed by atoms with Gasteiger partial charge in [-0.15, -0.1) is 0 Å². The SMILES string of the molecule is CC1C/C=C/C(N2CCN3CCCCC3C2)C2CCC2CN2CC3(CCCC4=C3C=CCC4)COc3ccc(cc32)C(=O)NS(=O)C1CC=O. The van der Waals surface area contributed by atoms with Gasteiger partial charge in [-0.25, -0.2) is 4.21 Å². The Hall–Kier alpha value is -2.75. The molecule has 50 heavy (non-hydrogen) atoms. The van der Waals surface area contributed by atoms with Crippen molar-refractivity contribution in [1.82, 2.24) is 14.5 Å². The number of aldehydes is 1. The summed E-state index contributed by atoms with van der Waals surface area (Å²) in [5, 5.41) is -0.451. The zero-order chi connectivity index (χ0) is 34.2. The molecule has 270 valence electrons. The lowest BCUT2D eigenvalue weighted by Gasteiger charge is -2.52. The van der Waals surface area contributed by atoms with Gasteiger partial charge in [-0.3, -0.25) is 19.3 Å². The van der Waals surface area contributed by atoms with Crippen molar-refractivity contribution in [2.45, 2.75) is 101 Å². The molecule has 9 heteroatoms. The van der Waals surface area contributed by atoms with Crippen LogP contribution in [0.3, 0.4) is 0 Å². The van der Waals surface area contributed by atoms with E-state index in [4.69, 9.17) is 4.74 Å². The highest BCUT2D eigenvalue weighted by molar-refractivity contribution is 7.84. The van der Waals surface area contributed by atoms with Crippen LogP contribution in [0.25, 0.3) is 0 Å². The molecule has 4 heterocycles. The van der Waals surface area contributed by atoms with E-state index in [1.807, 2.05) is 18.2 Å². The van der Waals surface area contributed by atoms with E-state index in [9.17, 15) is 13.8 Å². The maximum Gasteiger partial charge on any atom is 0.263 e. The monoisotopic (exact) mass is 700 g/mol. The fourth-order valence-corrected chi connectivity index (χ4v) is 11.7. The second-order valence-corrected chi connectivity index (χ2v) is 17.8. The van der Waals surface area contributed by atoms with E-state index in [1.165, 1.54) is 57.1 Å². The molecular weight excluding hydrogens is 645 g/mol. The summed E-state index contributed by atoms with van der Waals surface area (Å²) in [6.07, 6.45) is 23.4. The van der Waals surface area contributed by atoms with Crippen molar-refractivity contribution in [1.29, 1.82) is 0 Å². The molecule has 0 radical (unpaired) electrons. The van der Waals surface area contributed by atoms with E-state index in [0.717, 1.165) is 76.1 Å². The fourth-order valence-electron chi connectivity index (χ4n) is 10.5. The van der Waals surface area contributed by atoms with Gasteiger partial charge in [0.05, 0.1) is 17.5 Å². The van der Waals surface area contributed by atoms with E-state index in [2.05, 4.69) is 50.6 Å². The molecule has 3 fully saturated rings. The van der Waals surface area contributed by atoms with Gasteiger partial charge in [0.1, 0.15) is 23.0 Å². The highest BCUT2D eigenvalue weighted by Crippen LogP contribution is 2.50. The molecule has 8 rings (SSSR count). The number of nitrogens with one attached hydrogen (secondary N) is 1. The lowest BCUT2D eigenvalue weighted by atomic mass is 9.66. The number of benzene rings is 1. The van der Waals surface area contributed by atoms with Crippen LogP contribution in [0.5, 0.6) is 5.75 Å². The third-order valence-corrected chi connectivity index (χ3v) is 15.1. The van der Waals surface area contributed by atoms with E-state index in [0.29, 0.717) is 36.1 Å². The number of piperazine rings is 1. The molecule has 1 amide bonds. The second-order valence-electron chi connectivity index (χ2n) is 16.4. The largest absolute Gasteiger partial charge is 0.490 e. The van der Waals surface area contributed by atoms with Gasteiger partial charge in [0.15, 0.2) is 0 Å². The molecule has 1 saturated carbocycles. The molecule has 2 saturated heterocycles. The van der Waals surface area contributed by atoms with Crippen molar-refractivity contribution >= 4 is 28.9 Å². The van der Waals surface area contributed by atoms with Crippen LogP contribution in [0.15, 0.2) is 53.6 Å². The minimum Gasteiger partial charge on any atom is -0.490 e. The number of nitrogens with zero attached hydrogens (tertiary/aromatic N) is 3. The van der Waals surface area contributed by atoms with Crippen LogP contribution in [-0.2, 0) is 15.8 Å². The predicted octanol–water partition coefficient (Wildman–Crippen LogP) is 6.21. The number of carbonyl (C=O) groups excluding carboxylic acids is 2. The van der Waals surface area contributed by atoms with Crippen molar-refractivity contribution in [3.8, 4) is 5.75 Å². The average Bonchev–Trinajstić information content (AvgIpc) is 3.28. The minimum absolute atomic E-state index is 0.0193. The number of anilines is 1. The molecule has 7 aliphatic rings. The normalized spacial score (nSPS) is 37.3. The number of allylic oxidation sites excluding steroid dienone is 4. The van der Waals surface area contributed by atoms with E-state index < -0.39 is 16.2 Å². The van der Waals surface area contributed by atoms with Crippen LogP contribution in [0.2, 0.25) is 0 Å². The number of carbonyl (C=O) groups is 2. The molecule has 1 aromatic rings. The van der Waals surface area contributed by atoms with E-state index in [1.54, 1.807) is 5.57 Å². The quantitative estimate of drug-likeness (QED) is 0.297. The smallest absolute Gasteiger partial charge is 0.263 e. The lowest BCUT2D eigenvalue weighted by Crippen LogP contribution is -2.60. The van der Waals surface area contributed by atoms with Gasteiger partial charge in [0, 0.05) is 62.2 Å². The first-order valence-corrected chi connectivity index (χ1v) is 20.8. The van der Waals surface area contributed by atoms with Crippen LogP contribution >= 0.6 is 0 Å². The van der Waals surface area contributed by atoms with Gasteiger partial charge in [-0.2, -0.15) is 0 Å². The molecule has 8 unspecified atom stereocenters. The third-order valence-electron chi connectivity index (χ3n) is 13.5. The first kappa shape index (κ1) is 34.3. The average molecular weight is 701 g/mol. The van der Waals surface area contributed by atoms with Gasteiger partial charge >= 0.3 is 0 Å². The van der Waals surface area contributed by atoms with Crippen LogP contribution in [0.1, 0.15) is 94.3 Å². The summed E-state index contributed by atoms with van der Waals surface area (Å²) >= 11 is 0. The Morgan fingerprint density at radius 2 is 1.94 bits per heavy atom. The fraction of sp³-hybridized carbons (Fsp3) is 0.659. The van der Waals surface area contributed by atoms with Gasteiger partial charge < -0.3 is 14.4 Å². The molecule has 0 aromatic heterocycles. The molecule has 3 aliphatic carbocycles. The van der Waals surface area contributed by atoms with E-state index in [-0.39, 0.29) is 23.7 Å². The third kappa shape index (κ3) is 6.67. The highest BCUT2D eigenvalue weighted by Gasteiger charge is 2.46. The molecule has 4 aliphatic heterocycles. The summed E-state index contributed by atoms with van der Waals surface area (Å²) in [5.74, 6) is 1.54. The lowest BCUT2D eigenvalue weighted by molar-refractivity contribution is -0.108. The first-order chi connectivity index (χ1) is 24.4. The predicted molar refractivity (Wildman–Crippen MR) is 200 cm³/mol. The Morgan fingerprint density at radius 1 is 1.04 bits per heavy atom. The Kier molecular flexibility index (Phi) is 10.1. The molecule has 1 aromatic carbocycles. The van der Waals surface area contributed by atoms with Crippen molar-refractivity contribution in [3.63, 3.8) is 0 Å². The maximum absolute atomic E-state index is 13.7. The van der Waals surface area contributed by atoms with Crippen LogP contribution in [0, 0.1) is 23.2 Å². The van der Waals surface area contributed by atoms with Crippen molar-refractivity contribution in [3.05, 3.63) is 59.2 Å². The Morgan fingerprint density at radius 3 is 2.80 bits per heavy atom. The number of amides is 1. The summed E-state index contributed by atoms with van der Waals surface area (Å²) < 4.78 is 23.2. The zero-order valence-electron chi connectivity index (χ0n) is 29.9. The number of piperidine rings is 1. The highest BCUT2D eigenvalue weighted by atomic mass is 32.2. The first-order valence-electron chi connectivity index (χ1n) is 19.6. The summed E-state index contributed by atoms with van der Waals surface area (Å²) in [6.45, 7) is 9.15. The minimum atomic E-state index is -1.70. The number of rotatable bonds is 3. The summed E-state index contributed by atoms with van der Waals surface area (Å²) in [5.41, 5.74) is 4.49. The number of hydrogen-bond donors (Lipinski definition) is 1. The second kappa shape index (κ2) is 14.7. The summed E-state index contributed by atoms with van der Waals surface area (Å²) in [7, 11) is -1.70. The van der Waals surface area contributed by atoms with Crippen molar-refractivity contribution < 1.29 is 18.5 Å². The summed E-state index contributed by atoms with van der Waals surface area (Å²) in [4.78, 5) is 33.5. The van der Waals surface area contributed by atoms with Crippen molar-refractivity contribution in [2.24, 2.45) is 23.2 Å². The Labute approximate surface area is 301 Å². The maximum atomic E-state index is 13.7. The zero-order valence-corrected chi connectivity index (χ0v) is 30.7. The topological polar surface area (TPSA) is 82.2 Å². The van der Waals surface area contributed by atoms with E-state index >= 15 is 0 Å². The van der Waals surface area contributed by atoms with Gasteiger partial charge in [0.25, 0.3) is 5.91 Å². The molecule has 2 bridgehead atoms. The van der Waals surface area contributed by atoms with Gasteiger partial charge in [-0.1, -0.05) is 43.2 Å². The Balaban J connectivity index is 1.17. The van der Waals surface area contributed by atoms with Crippen molar-refractivity contribution in [2.75, 3.05) is 50.8 Å². The molecule has 8 atom stereocenters. The molecule has 8 nitrogen and oxygen atoms in total. The Bertz CT molecular complexity index is 1570. The number of hydrogen-bond acceptors (Lipinski definition) is 7.